The maximum absolute atomic E-state index is 12.2. The van der Waals surface area contributed by atoms with E-state index in [1.807, 2.05) is 0 Å². The standard InChI is InChI=1S/C21H28O6/c1-13(2)16-6-4-14(3)10-18(16)27-20(22)12-26-21(23)15-5-7-17-19(11-15)25-9-8-24-17/h5,7,11,13-14,16,18H,4,6,8-10,12H2,1-3H3/t14-,16-,18-/m1/s1. The summed E-state index contributed by atoms with van der Waals surface area (Å²) >= 11 is 0. The Bertz CT molecular complexity index is 683. The van der Waals surface area contributed by atoms with Gasteiger partial charge in [0.2, 0.25) is 0 Å². The van der Waals surface area contributed by atoms with Crippen molar-refractivity contribution in [3.63, 3.8) is 0 Å². The van der Waals surface area contributed by atoms with Gasteiger partial charge in [-0.3, -0.25) is 0 Å². The van der Waals surface area contributed by atoms with Crippen LogP contribution in [-0.4, -0.2) is 37.9 Å². The molecule has 2 aliphatic rings. The molecule has 148 valence electrons. The van der Waals surface area contributed by atoms with E-state index >= 15 is 0 Å². The summed E-state index contributed by atoms with van der Waals surface area (Å²) in [6, 6.07) is 4.83. The van der Waals surface area contributed by atoms with Crippen LogP contribution in [0.5, 0.6) is 11.5 Å². The molecule has 1 aromatic carbocycles. The zero-order chi connectivity index (χ0) is 19.4. The van der Waals surface area contributed by atoms with E-state index in [0.717, 1.165) is 19.3 Å². The van der Waals surface area contributed by atoms with Crippen LogP contribution in [0.25, 0.3) is 0 Å². The molecule has 1 fully saturated rings. The van der Waals surface area contributed by atoms with Crippen molar-refractivity contribution in [1.29, 1.82) is 0 Å². The summed E-state index contributed by atoms with van der Waals surface area (Å²) in [5.41, 5.74) is 0.318. The Balaban J connectivity index is 1.53. The molecule has 0 unspecified atom stereocenters. The minimum atomic E-state index is -0.582. The minimum Gasteiger partial charge on any atom is -0.486 e. The quantitative estimate of drug-likeness (QED) is 0.731. The number of esters is 2. The number of rotatable bonds is 5. The van der Waals surface area contributed by atoms with Gasteiger partial charge in [-0.05, 0) is 48.8 Å². The second-order valence-electron chi connectivity index (χ2n) is 7.79. The highest BCUT2D eigenvalue weighted by Gasteiger charge is 2.33. The smallest absolute Gasteiger partial charge is 0.344 e. The van der Waals surface area contributed by atoms with Crippen molar-refractivity contribution in [1.82, 2.24) is 0 Å². The molecule has 0 saturated heterocycles. The predicted octanol–water partition coefficient (Wildman–Crippen LogP) is 3.62. The van der Waals surface area contributed by atoms with E-state index in [1.165, 1.54) is 0 Å². The van der Waals surface area contributed by atoms with Crippen molar-refractivity contribution in [3.8, 4) is 11.5 Å². The van der Waals surface area contributed by atoms with E-state index in [9.17, 15) is 9.59 Å². The van der Waals surface area contributed by atoms with E-state index in [-0.39, 0.29) is 12.7 Å². The molecule has 0 amide bonds. The third kappa shape index (κ3) is 4.93. The van der Waals surface area contributed by atoms with Crippen LogP contribution in [0.15, 0.2) is 18.2 Å². The third-order valence-electron chi connectivity index (χ3n) is 5.34. The Morgan fingerprint density at radius 3 is 2.63 bits per heavy atom. The molecule has 1 aliphatic carbocycles. The van der Waals surface area contributed by atoms with Gasteiger partial charge < -0.3 is 18.9 Å². The molecule has 1 aromatic rings. The Morgan fingerprint density at radius 2 is 1.89 bits per heavy atom. The maximum Gasteiger partial charge on any atom is 0.344 e. The number of ether oxygens (including phenoxy) is 4. The van der Waals surface area contributed by atoms with E-state index in [2.05, 4.69) is 20.8 Å². The second-order valence-corrected chi connectivity index (χ2v) is 7.79. The van der Waals surface area contributed by atoms with Crippen molar-refractivity contribution in [2.75, 3.05) is 19.8 Å². The van der Waals surface area contributed by atoms with Crippen LogP contribution < -0.4 is 9.47 Å². The van der Waals surface area contributed by atoms with Gasteiger partial charge in [-0.25, -0.2) is 9.59 Å². The van der Waals surface area contributed by atoms with Crippen molar-refractivity contribution in [2.24, 2.45) is 17.8 Å². The Morgan fingerprint density at radius 1 is 1.15 bits per heavy atom. The topological polar surface area (TPSA) is 71.1 Å². The van der Waals surface area contributed by atoms with Crippen LogP contribution in [0.3, 0.4) is 0 Å². The molecule has 3 rings (SSSR count). The zero-order valence-electron chi connectivity index (χ0n) is 16.2. The molecule has 1 heterocycles. The van der Waals surface area contributed by atoms with Gasteiger partial charge >= 0.3 is 11.9 Å². The average molecular weight is 376 g/mol. The number of fused-ring (bicyclic) bond motifs is 1. The number of benzene rings is 1. The molecule has 6 heteroatoms. The Hall–Kier alpha value is -2.24. The molecular formula is C21H28O6. The number of hydrogen-bond acceptors (Lipinski definition) is 6. The van der Waals surface area contributed by atoms with Crippen LogP contribution in [0.1, 0.15) is 50.4 Å². The fourth-order valence-corrected chi connectivity index (χ4v) is 3.83. The highest BCUT2D eigenvalue weighted by molar-refractivity contribution is 5.91. The molecule has 6 nitrogen and oxygen atoms in total. The molecule has 0 N–H and O–H groups in total. The lowest BCUT2D eigenvalue weighted by atomic mass is 9.75. The van der Waals surface area contributed by atoms with E-state index < -0.39 is 11.9 Å². The molecule has 0 bridgehead atoms. The molecule has 0 radical (unpaired) electrons. The molecule has 3 atom stereocenters. The highest BCUT2D eigenvalue weighted by atomic mass is 16.6. The van der Waals surface area contributed by atoms with E-state index in [1.54, 1.807) is 18.2 Å². The van der Waals surface area contributed by atoms with Gasteiger partial charge in [0.05, 0.1) is 5.56 Å². The summed E-state index contributed by atoms with van der Waals surface area (Å²) in [6.07, 6.45) is 2.99. The summed E-state index contributed by atoms with van der Waals surface area (Å²) in [7, 11) is 0. The number of carbonyl (C=O) groups excluding carboxylic acids is 2. The average Bonchev–Trinajstić information content (AvgIpc) is 2.65. The maximum atomic E-state index is 12.2. The molecule has 1 saturated carbocycles. The first-order valence-electron chi connectivity index (χ1n) is 9.70. The number of hydrogen-bond donors (Lipinski definition) is 0. The van der Waals surface area contributed by atoms with Crippen molar-refractivity contribution < 1.29 is 28.5 Å². The first-order chi connectivity index (χ1) is 12.9. The van der Waals surface area contributed by atoms with Gasteiger partial charge in [0, 0.05) is 0 Å². The Kier molecular flexibility index (Phi) is 6.24. The first-order valence-corrected chi connectivity index (χ1v) is 9.70. The van der Waals surface area contributed by atoms with Crippen LogP contribution in [0.4, 0.5) is 0 Å². The third-order valence-corrected chi connectivity index (χ3v) is 5.34. The second kappa shape index (κ2) is 8.63. The Labute approximate surface area is 160 Å². The summed E-state index contributed by atoms with van der Waals surface area (Å²) in [4.78, 5) is 24.4. The monoisotopic (exact) mass is 376 g/mol. The lowest BCUT2D eigenvalue weighted by molar-refractivity contribution is -0.159. The molecule has 1 aliphatic heterocycles. The molecule has 27 heavy (non-hydrogen) atoms. The fraction of sp³-hybridized carbons (Fsp3) is 0.619. The predicted molar refractivity (Wildman–Crippen MR) is 98.9 cm³/mol. The van der Waals surface area contributed by atoms with Crippen LogP contribution >= 0.6 is 0 Å². The van der Waals surface area contributed by atoms with Gasteiger partial charge in [-0.1, -0.05) is 27.2 Å². The van der Waals surface area contributed by atoms with E-state index in [0.29, 0.717) is 48.0 Å². The van der Waals surface area contributed by atoms with Crippen molar-refractivity contribution in [3.05, 3.63) is 23.8 Å². The first kappa shape index (κ1) is 19.5. The van der Waals surface area contributed by atoms with Gasteiger partial charge in [-0.15, -0.1) is 0 Å². The lowest BCUT2D eigenvalue weighted by Gasteiger charge is -2.36. The van der Waals surface area contributed by atoms with Crippen molar-refractivity contribution >= 4 is 11.9 Å². The van der Waals surface area contributed by atoms with Crippen LogP contribution in [0, 0.1) is 17.8 Å². The number of carbonyl (C=O) groups is 2. The van der Waals surface area contributed by atoms with Gasteiger partial charge in [0.25, 0.3) is 0 Å². The zero-order valence-corrected chi connectivity index (χ0v) is 16.2. The molecular weight excluding hydrogens is 348 g/mol. The summed E-state index contributed by atoms with van der Waals surface area (Å²) in [6.45, 7) is 7.03. The molecule has 0 aromatic heterocycles. The van der Waals surface area contributed by atoms with Crippen molar-refractivity contribution in [2.45, 2.75) is 46.1 Å². The van der Waals surface area contributed by atoms with Crippen LogP contribution in [-0.2, 0) is 14.3 Å². The van der Waals surface area contributed by atoms with Gasteiger partial charge in [0.1, 0.15) is 19.3 Å². The molecule has 0 spiro atoms. The minimum absolute atomic E-state index is 0.103. The fourth-order valence-electron chi connectivity index (χ4n) is 3.83. The SMILES string of the molecule is CC(C)[C@H]1CC[C@@H](C)C[C@H]1OC(=O)COC(=O)c1ccc2c(c1)OCCO2. The summed E-state index contributed by atoms with van der Waals surface area (Å²) in [5.74, 6) is 1.39. The van der Waals surface area contributed by atoms with Crippen LogP contribution in [0.2, 0.25) is 0 Å². The highest BCUT2D eigenvalue weighted by Crippen LogP contribution is 2.35. The van der Waals surface area contributed by atoms with E-state index in [4.69, 9.17) is 18.9 Å². The largest absolute Gasteiger partial charge is 0.486 e. The van der Waals surface area contributed by atoms with Gasteiger partial charge in [0.15, 0.2) is 18.1 Å². The summed E-state index contributed by atoms with van der Waals surface area (Å²) in [5, 5.41) is 0. The summed E-state index contributed by atoms with van der Waals surface area (Å²) < 4.78 is 21.7. The lowest BCUT2D eigenvalue weighted by Crippen LogP contribution is -2.36. The van der Waals surface area contributed by atoms with Gasteiger partial charge in [-0.2, -0.15) is 0 Å². The normalized spacial score (nSPS) is 24.4.